The minimum Gasteiger partial charge on any atom is -0.476 e. The summed E-state index contributed by atoms with van der Waals surface area (Å²) in [4.78, 5) is 29.4. The van der Waals surface area contributed by atoms with Crippen molar-refractivity contribution in [1.29, 1.82) is 5.41 Å². The predicted octanol–water partition coefficient (Wildman–Crippen LogP) is 2.18. The van der Waals surface area contributed by atoms with Gasteiger partial charge in [-0.1, -0.05) is 29.3 Å². The monoisotopic (exact) mass is 369 g/mol. The molecule has 0 unspecified atom stereocenters. The molecule has 24 heavy (non-hydrogen) atoms. The van der Waals surface area contributed by atoms with E-state index in [4.69, 9.17) is 33.7 Å². The number of carbonyl (C=O) groups is 1. The van der Waals surface area contributed by atoms with Gasteiger partial charge in [-0.2, -0.15) is 0 Å². The summed E-state index contributed by atoms with van der Waals surface area (Å²) in [5.74, 6) is -1.45. The lowest BCUT2D eigenvalue weighted by molar-refractivity contribution is -0.129. The normalized spacial score (nSPS) is 10.3. The molecular weight excluding hydrogens is 357 g/mol. The van der Waals surface area contributed by atoms with E-state index in [1.54, 1.807) is 18.2 Å². The van der Waals surface area contributed by atoms with Crippen LogP contribution < -0.4 is 16.2 Å². The van der Waals surface area contributed by atoms with Crippen LogP contribution in [0.3, 0.4) is 0 Å². The maximum Gasteiger partial charge on any atom is 0.356 e. The fourth-order valence-corrected chi connectivity index (χ4v) is 2.23. The third kappa shape index (κ3) is 3.84. The number of carboxylic acids is 1. The first-order chi connectivity index (χ1) is 11.3. The van der Waals surface area contributed by atoms with Gasteiger partial charge in [0.1, 0.15) is 11.4 Å². The highest BCUT2D eigenvalue weighted by Gasteiger charge is 2.19. The number of aromatic amines is 1. The van der Waals surface area contributed by atoms with E-state index in [0.29, 0.717) is 10.0 Å². The molecule has 0 saturated carbocycles. The van der Waals surface area contributed by atoms with E-state index in [-0.39, 0.29) is 23.9 Å². The van der Waals surface area contributed by atoms with Gasteiger partial charge in [0.05, 0.1) is 10.0 Å². The van der Waals surface area contributed by atoms with Crippen molar-refractivity contribution in [3.63, 3.8) is 0 Å². The second kappa shape index (κ2) is 7.33. The number of anilines is 2. The molecule has 0 aliphatic rings. The fourth-order valence-electron chi connectivity index (χ4n) is 1.91. The van der Waals surface area contributed by atoms with Crippen LogP contribution in [0, 0.1) is 5.41 Å². The Balaban J connectivity index is 2.30. The Morgan fingerprint density at radius 1 is 1.38 bits per heavy atom. The Labute approximate surface area is 146 Å². The van der Waals surface area contributed by atoms with Crippen LogP contribution in [0.5, 0.6) is 0 Å². The van der Waals surface area contributed by atoms with Crippen molar-refractivity contribution in [3.05, 3.63) is 49.9 Å². The number of nitrogens with one attached hydrogen (secondary N) is 4. The standard InChI is InChI=1S/C14H13Cl2N5O3/c1-18-11-10(9(17)13(23)24)20-14(21-12(11)22)19-5-6-2-3-7(15)8(16)4-6/h2-4,17-18H,5H2,1H3,(H,23,24)(H2,19,20,21,22). The molecule has 0 radical (unpaired) electrons. The molecule has 5 N–H and O–H groups in total. The van der Waals surface area contributed by atoms with Crippen LogP contribution >= 0.6 is 23.2 Å². The van der Waals surface area contributed by atoms with Crippen molar-refractivity contribution in [2.45, 2.75) is 6.54 Å². The highest BCUT2D eigenvalue weighted by atomic mass is 35.5. The summed E-state index contributed by atoms with van der Waals surface area (Å²) in [7, 11) is 1.44. The van der Waals surface area contributed by atoms with Gasteiger partial charge < -0.3 is 15.7 Å². The van der Waals surface area contributed by atoms with Gasteiger partial charge >= 0.3 is 5.97 Å². The summed E-state index contributed by atoms with van der Waals surface area (Å²) in [6, 6.07) is 5.02. The van der Waals surface area contributed by atoms with Crippen molar-refractivity contribution >= 4 is 46.5 Å². The van der Waals surface area contributed by atoms with Crippen molar-refractivity contribution in [1.82, 2.24) is 9.97 Å². The van der Waals surface area contributed by atoms with E-state index in [1.165, 1.54) is 7.05 Å². The third-order valence-electron chi connectivity index (χ3n) is 3.06. The molecule has 0 spiro atoms. The third-order valence-corrected chi connectivity index (χ3v) is 3.80. The number of hydrogen-bond acceptors (Lipinski definition) is 6. The molecule has 1 heterocycles. The molecule has 8 nitrogen and oxygen atoms in total. The van der Waals surface area contributed by atoms with E-state index < -0.39 is 17.2 Å². The van der Waals surface area contributed by atoms with E-state index in [2.05, 4.69) is 20.6 Å². The van der Waals surface area contributed by atoms with Gasteiger partial charge in [-0.05, 0) is 17.7 Å². The van der Waals surface area contributed by atoms with Crippen LogP contribution in [0.1, 0.15) is 11.3 Å². The lowest BCUT2D eigenvalue weighted by atomic mass is 10.2. The molecule has 0 bridgehead atoms. The first-order valence-corrected chi connectivity index (χ1v) is 7.41. The number of H-pyrrole nitrogens is 1. The molecule has 1 aromatic carbocycles. The summed E-state index contributed by atoms with van der Waals surface area (Å²) in [6.45, 7) is 0.262. The molecule has 0 atom stereocenters. The lowest BCUT2D eigenvalue weighted by Crippen LogP contribution is -2.25. The second-order valence-electron chi connectivity index (χ2n) is 4.67. The Morgan fingerprint density at radius 2 is 2.08 bits per heavy atom. The maximum absolute atomic E-state index is 12.0. The van der Waals surface area contributed by atoms with Crippen molar-refractivity contribution in [2.24, 2.45) is 0 Å². The van der Waals surface area contributed by atoms with Crippen LogP contribution in [-0.2, 0) is 11.3 Å². The summed E-state index contributed by atoms with van der Waals surface area (Å²) in [5, 5.41) is 22.7. The Hall–Kier alpha value is -2.58. The first-order valence-electron chi connectivity index (χ1n) is 6.65. The fraction of sp³-hybridized carbons (Fsp3) is 0.143. The minimum absolute atomic E-state index is 0.0334. The number of aromatic nitrogens is 2. The SMILES string of the molecule is CNc1c(C(=N)C(=O)O)nc(NCc2ccc(Cl)c(Cl)c2)[nH]c1=O. The van der Waals surface area contributed by atoms with Gasteiger partial charge in [0.25, 0.3) is 5.56 Å². The number of nitrogens with zero attached hydrogens (tertiary/aromatic N) is 1. The number of hydrogen-bond donors (Lipinski definition) is 5. The lowest BCUT2D eigenvalue weighted by Gasteiger charge is -2.11. The van der Waals surface area contributed by atoms with Crippen molar-refractivity contribution in [3.8, 4) is 0 Å². The van der Waals surface area contributed by atoms with Crippen LogP contribution in [0.4, 0.5) is 11.6 Å². The van der Waals surface area contributed by atoms with E-state index in [0.717, 1.165) is 5.56 Å². The second-order valence-corrected chi connectivity index (χ2v) is 5.48. The average molecular weight is 370 g/mol. The molecule has 0 saturated heterocycles. The van der Waals surface area contributed by atoms with Gasteiger partial charge in [0, 0.05) is 13.6 Å². The van der Waals surface area contributed by atoms with Gasteiger partial charge in [0.15, 0.2) is 5.71 Å². The summed E-state index contributed by atoms with van der Waals surface area (Å²) < 4.78 is 0. The minimum atomic E-state index is -1.49. The number of aliphatic carboxylic acids is 1. The van der Waals surface area contributed by atoms with Gasteiger partial charge in [-0.3, -0.25) is 15.2 Å². The number of halogens is 2. The Bertz CT molecular complexity index is 866. The first kappa shape index (κ1) is 17.8. The molecule has 0 aliphatic carbocycles. The molecule has 2 rings (SSSR count). The summed E-state index contributed by atoms with van der Waals surface area (Å²) in [5.41, 5.74) is -0.958. The Morgan fingerprint density at radius 3 is 2.67 bits per heavy atom. The highest BCUT2D eigenvalue weighted by molar-refractivity contribution is 6.42. The zero-order chi connectivity index (χ0) is 17.9. The molecule has 0 aliphatic heterocycles. The van der Waals surface area contributed by atoms with Crippen LogP contribution in [0.2, 0.25) is 10.0 Å². The largest absolute Gasteiger partial charge is 0.476 e. The van der Waals surface area contributed by atoms with Crippen molar-refractivity contribution in [2.75, 3.05) is 17.7 Å². The zero-order valence-electron chi connectivity index (χ0n) is 12.4. The molecule has 126 valence electrons. The number of carboxylic acid groups (broad SMARTS) is 1. The topological polar surface area (TPSA) is 131 Å². The van der Waals surface area contributed by atoms with Crippen LogP contribution in [0.15, 0.2) is 23.0 Å². The van der Waals surface area contributed by atoms with Crippen LogP contribution in [-0.4, -0.2) is 33.8 Å². The van der Waals surface area contributed by atoms with Gasteiger partial charge in [-0.15, -0.1) is 0 Å². The highest BCUT2D eigenvalue weighted by Crippen LogP contribution is 2.22. The molecule has 1 aromatic heterocycles. The Kier molecular flexibility index (Phi) is 5.42. The van der Waals surface area contributed by atoms with Gasteiger partial charge in [-0.25, -0.2) is 9.78 Å². The molecule has 0 amide bonds. The van der Waals surface area contributed by atoms with Gasteiger partial charge in [0.2, 0.25) is 5.95 Å². The molecule has 10 heteroatoms. The average Bonchev–Trinajstić information content (AvgIpc) is 2.54. The van der Waals surface area contributed by atoms with E-state index >= 15 is 0 Å². The maximum atomic E-state index is 12.0. The van der Waals surface area contributed by atoms with E-state index in [9.17, 15) is 9.59 Å². The van der Waals surface area contributed by atoms with E-state index in [1.807, 2.05) is 0 Å². The zero-order valence-corrected chi connectivity index (χ0v) is 13.9. The molecule has 2 aromatic rings. The predicted molar refractivity (Wildman–Crippen MR) is 92.7 cm³/mol. The summed E-state index contributed by atoms with van der Waals surface area (Å²) >= 11 is 11.8. The number of rotatable bonds is 6. The van der Waals surface area contributed by atoms with Crippen LogP contribution in [0.25, 0.3) is 0 Å². The number of benzene rings is 1. The van der Waals surface area contributed by atoms with Crippen molar-refractivity contribution < 1.29 is 9.90 Å². The molecular formula is C14H13Cl2N5O3. The quantitative estimate of drug-likeness (QED) is 0.496. The smallest absolute Gasteiger partial charge is 0.356 e. The molecule has 0 fully saturated rings. The summed E-state index contributed by atoms with van der Waals surface area (Å²) in [6.07, 6.45) is 0.